The summed E-state index contributed by atoms with van der Waals surface area (Å²) in [7, 11) is 2.00. The molecule has 2 atom stereocenters. The highest BCUT2D eigenvalue weighted by atomic mass is 16.3. The standard InChI is InChI=1S/C10H21NO/c1-11-7-3-5-9-4-2-6-10(12)8-9/h9-12H,2-8H2,1H3. The van der Waals surface area contributed by atoms with E-state index in [1.54, 1.807) is 0 Å². The van der Waals surface area contributed by atoms with Gasteiger partial charge in [-0.05, 0) is 45.2 Å². The van der Waals surface area contributed by atoms with Gasteiger partial charge in [0.25, 0.3) is 0 Å². The van der Waals surface area contributed by atoms with Gasteiger partial charge in [-0.2, -0.15) is 0 Å². The summed E-state index contributed by atoms with van der Waals surface area (Å²) in [6.45, 7) is 1.12. The highest BCUT2D eigenvalue weighted by Gasteiger charge is 2.19. The molecular weight excluding hydrogens is 150 g/mol. The molecule has 12 heavy (non-hydrogen) atoms. The minimum absolute atomic E-state index is 0.00154. The molecule has 0 bridgehead atoms. The molecule has 2 heteroatoms. The highest BCUT2D eigenvalue weighted by Crippen LogP contribution is 2.27. The van der Waals surface area contributed by atoms with Gasteiger partial charge in [-0.3, -0.25) is 0 Å². The van der Waals surface area contributed by atoms with Crippen molar-refractivity contribution in [3.63, 3.8) is 0 Å². The number of rotatable bonds is 4. The summed E-state index contributed by atoms with van der Waals surface area (Å²) < 4.78 is 0. The van der Waals surface area contributed by atoms with Crippen molar-refractivity contribution < 1.29 is 5.11 Å². The van der Waals surface area contributed by atoms with E-state index in [0.717, 1.165) is 25.3 Å². The van der Waals surface area contributed by atoms with Gasteiger partial charge in [0.05, 0.1) is 6.10 Å². The molecule has 1 aliphatic rings. The lowest BCUT2D eigenvalue weighted by molar-refractivity contribution is 0.0977. The monoisotopic (exact) mass is 171 g/mol. The Morgan fingerprint density at radius 2 is 2.25 bits per heavy atom. The summed E-state index contributed by atoms with van der Waals surface area (Å²) in [4.78, 5) is 0. The molecule has 0 amide bonds. The van der Waals surface area contributed by atoms with Crippen LogP contribution in [0.4, 0.5) is 0 Å². The zero-order valence-corrected chi connectivity index (χ0v) is 8.05. The van der Waals surface area contributed by atoms with E-state index in [1.165, 1.54) is 25.7 Å². The van der Waals surface area contributed by atoms with E-state index in [0.29, 0.717) is 0 Å². The number of hydrogen-bond acceptors (Lipinski definition) is 2. The smallest absolute Gasteiger partial charge is 0.0542 e. The first-order valence-electron chi connectivity index (χ1n) is 5.15. The topological polar surface area (TPSA) is 32.3 Å². The summed E-state index contributed by atoms with van der Waals surface area (Å²) in [5.74, 6) is 0.794. The Hall–Kier alpha value is -0.0800. The van der Waals surface area contributed by atoms with Crippen LogP contribution >= 0.6 is 0 Å². The van der Waals surface area contributed by atoms with Gasteiger partial charge in [0.15, 0.2) is 0 Å². The first-order valence-corrected chi connectivity index (χ1v) is 5.15. The molecule has 72 valence electrons. The molecule has 0 spiro atoms. The van der Waals surface area contributed by atoms with Gasteiger partial charge in [-0.25, -0.2) is 0 Å². The molecule has 0 aliphatic heterocycles. The zero-order valence-electron chi connectivity index (χ0n) is 8.05. The van der Waals surface area contributed by atoms with Crippen molar-refractivity contribution in [2.45, 2.75) is 44.6 Å². The molecule has 0 radical (unpaired) electrons. The SMILES string of the molecule is CNCCCC1CCCC(O)C1. The Bertz CT molecular complexity index is 116. The summed E-state index contributed by atoms with van der Waals surface area (Å²) in [6.07, 6.45) is 7.18. The highest BCUT2D eigenvalue weighted by molar-refractivity contribution is 4.72. The Balaban J connectivity index is 2.06. The van der Waals surface area contributed by atoms with Crippen LogP contribution in [0.25, 0.3) is 0 Å². The Kier molecular flexibility index (Phi) is 4.62. The van der Waals surface area contributed by atoms with E-state index >= 15 is 0 Å². The first kappa shape index (κ1) is 10.0. The third kappa shape index (κ3) is 3.55. The first-order chi connectivity index (χ1) is 5.83. The fourth-order valence-corrected chi connectivity index (χ4v) is 2.09. The van der Waals surface area contributed by atoms with E-state index in [-0.39, 0.29) is 6.10 Å². The predicted molar refractivity (Wildman–Crippen MR) is 51.1 cm³/mol. The van der Waals surface area contributed by atoms with Crippen LogP contribution in [0.3, 0.4) is 0 Å². The number of hydrogen-bond donors (Lipinski definition) is 2. The van der Waals surface area contributed by atoms with Crippen molar-refractivity contribution in [2.75, 3.05) is 13.6 Å². The van der Waals surface area contributed by atoms with E-state index in [4.69, 9.17) is 0 Å². The van der Waals surface area contributed by atoms with Crippen molar-refractivity contribution in [1.82, 2.24) is 5.32 Å². The van der Waals surface area contributed by atoms with Crippen molar-refractivity contribution in [3.8, 4) is 0 Å². The average Bonchev–Trinajstić information content (AvgIpc) is 2.05. The van der Waals surface area contributed by atoms with Gasteiger partial charge >= 0.3 is 0 Å². The lowest BCUT2D eigenvalue weighted by Crippen LogP contribution is -2.20. The molecule has 0 aromatic heterocycles. The molecule has 2 nitrogen and oxygen atoms in total. The lowest BCUT2D eigenvalue weighted by Gasteiger charge is -2.25. The van der Waals surface area contributed by atoms with Crippen LogP contribution in [0.15, 0.2) is 0 Å². The quantitative estimate of drug-likeness (QED) is 0.629. The largest absolute Gasteiger partial charge is 0.393 e. The van der Waals surface area contributed by atoms with Gasteiger partial charge in [0.1, 0.15) is 0 Å². The molecule has 1 aliphatic carbocycles. The molecular formula is C10H21NO. The fraction of sp³-hybridized carbons (Fsp3) is 1.00. The third-order valence-electron chi connectivity index (χ3n) is 2.79. The maximum absolute atomic E-state index is 9.42. The maximum atomic E-state index is 9.42. The van der Waals surface area contributed by atoms with Gasteiger partial charge in [0, 0.05) is 0 Å². The molecule has 1 saturated carbocycles. The number of nitrogens with one attached hydrogen (secondary N) is 1. The Morgan fingerprint density at radius 1 is 1.42 bits per heavy atom. The zero-order chi connectivity index (χ0) is 8.81. The van der Waals surface area contributed by atoms with Crippen LogP contribution in [0.1, 0.15) is 38.5 Å². The minimum Gasteiger partial charge on any atom is -0.393 e. The molecule has 2 N–H and O–H groups in total. The third-order valence-corrected chi connectivity index (χ3v) is 2.79. The summed E-state index contributed by atoms with van der Waals surface area (Å²) >= 11 is 0. The molecule has 0 aromatic carbocycles. The van der Waals surface area contributed by atoms with E-state index in [9.17, 15) is 5.11 Å². The van der Waals surface area contributed by atoms with Crippen molar-refractivity contribution >= 4 is 0 Å². The van der Waals surface area contributed by atoms with Crippen LogP contribution < -0.4 is 5.32 Å². The maximum Gasteiger partial charge on any atom is 0.0542 e. The molecule has 1 fully saturated rings. The van der Waals surface area contributed by atoms with Crippen LogP contribution in [0.5, 0.6) is 0 Å². The van der Waals surface area contributed by atoms with Gasteiger partial charge in [-0.15, -0.1) is 0 Å². The molecule has 0 saturated heterocycles. The van der Waals surface area contributed by atoms with Crippen molar-refractivity contribution in [2.24, 2.45) is 5.92 Å². The normalized spacial score (nSPS) is 30.5. The second-order valence-corrected chi connectivity index (χ2v) is 3.93. The average molecular weight is 171 g/mol. The summed E-state index contributed by atoms with van der Waals surface area (Å²) in [5.41, 5.74) is 0. The minimum atomic E-state index is -0.00154. The summed E-state index contributed by atoms with van der Waals surface area (Å²) in [5, 5.41) is 12.6. The molecule has 1 rings (SSSR count). The molecule has 0 aromatic rings. The predicted octanol–water partition coefficient (Wildman–Crippen LogP) is 1.54. The lowest BCUT2D eigenvalue weighted by atomic mass is 9.84. The molecule has 2 unspecified atom stereocenters. The Morgan fingerprint density at radius 3 is 2.92 bits per heavy atom. The van der Waals surface area contributed by atoms with Crippen molar-refractivity contribution in [1.29, 1.82) is 0 Å². The second kappa shape index (κ2) is 5.55. The van der Waals surface area contributed by atoms with Gasteiger partial charge in [0.2, 0.25) is 0 Å². The Labute approximate surface area is 75.4 Å². The van der Waals surface area contributed by atoms with Crippen LogP contribution in [0, 0.1) is 5.92 Å². The van der Waals surface area contributed by atoms with Gasteiger partial charge in [-0.1, -0.05) is 12.8 Å². The molecule has 0 heterocycles. The van der Waals surface area contributed by atoms with Crippen LogP contribution in [-0.4, -0.2) is 24.8 Å². The van der Waals surface area contributed by atoms with Crippen LogP contribution in [-0.2, 0) is 0 Å². The second-order valence-electron chi connectivity index (χ2n) is 3.93. The van der Waals surface area contributed by atoms with E-state index in [2.05, 4.69) is 5.32 Å². The summed E-state index contributed by atoms with van der Waals surface area (Å²) in [6, 6.07) is 0. The van der Waals surface area contributed by atoms with E-state index in [1.807, 2.05) is 7.05 Å². The van der Waals surface area contributed by atoms with Gasteiger partial charge < -0.3 is 10.4 Å². The number of aliphatic hydroxyl groups excluding tert-OH is 1. The van der Waals surface area contributed by atoms with Crippen LogP contribution in [0.2, 0.25) is 0 Å². The van der Waals surface area contributed by atoms with E-state index < -0.39 is 0 Å². The number of aliphatic hydroxyl groups is 1. The fourth-order valence-electron chi connectivity index (χ4n) is 2.09. The van der Waals surface area contributed by atoms with Crippen molar-refractivity contribution in [3.05, 3.63) is 0 Å².